The summed E-state index contributed by atoms with van der Waals surface area (Å²) in [6.07, 6.45) is 3.41. The van der Waals surface area contributed by atoms with E-state index in [1.54, 1.807) is 7.11 Å². The Hall–Kier alpha value is -1.06. The van der Waals surface area contributed by atoms with E-state index < -0.39 is 0 Å². The van der Waals surface area contributed by atoms with Crippen LogP contribution in [0.3, 0.4) is 0 Å². The smallest absolute Gasteiger partial charge is 0.124 e. The summed E-state index contributed by atoms with van der Waals surface area (Å²) in [5, 5.41) is 13.2. The van der Waals surface area contributed by atoms with Crippen LogP contribution in [0.5, 0.6) is 5.75 Å². The third kappa shape index (κ3) is 2.37. The van der Waals surface area contributed by atoms with Crippen LogP contribution in [0.1, 0.15) is 42.0 Å². The van der Waals surface area contributed by atoms with Gasteiger partial charge in [0.15, 0.2) is 0 Å². The van der Waals surface area contributed by atoms with Gasteiger partial charge in [-0.15, -0.1) is 0 Å². The second-order valence-electron chi connectivity index (χ2n) is 5.78. The van der Waals surface area contributed by atoms with Crippen LogP contribution < -0.4 is 10.1 Å². The van der Waals surface area contributed by atoms with Crippen LogP contribution in [-0.2, 0) is 0 Å². The Labute approximate surface area is 116 Å². The SMILES string of the molecule is CNC(c1cc(C)c(OC)c(C)c1)C1(CO)CCC1. The van der Waals surface area contributed by atoms with E-state index in [9.17, 15) is 5.11 Å². The van der Waals surface area contributed by atoms with Crippen molar-refractivity contribution in [2.75, 3.05) is 20.8 Å². The number of benzene rings is 1. The van der Waals surface area contributed by atoms with Crippen LogP contribution in [0.15, 0.2) is 12.1 Å². The van der Waals surface area contributed by atoms with Gasteiger partial charge in [0.1, 0.15) is 5.75 Å². The van der Waals surface area contributed by atoms with Crippen molar-refractivity contribution in [1.82, 2.24) is 5.32 Å². The summed E-state index contributed by atoms with van der Waals surface area (Å²) in [5.74, 6) is 0.963. The van der Waals surface area contributed by atoms with E-state index >= 15 is 0 Å². The van der Waals surface area contributed by atoms with Crippen molar-refractivity contribution in [1.29, 1.82) is 0 Å². The van der Waals surface area contributed by atoms with Gasteiger partial charge in [-0.3, -0.25) is 0 Å². The number of rotatable bonds is 5. The monoisotopic (exact) mass is 263 g/mol. The summed E-state index contributed by atoms with van der Waals surface area (Å²) in [4.78, 5) is 0. The second kappa shape index (κ2) is 5.51. The van der Waals surface area contributed by atoms with Crippen molar-refractivity contribution in [2.24, 2.45) is 5.41 Å². The zero-order valence-corrected chi connectivity index (χ0v) is 12.4. The zero-order chi connectivity index (χ0) is 14.0. The Morgan fingerprint density at radius 1 is 1.32 bits per heavy atom. The number of aliphatic hydroxyl groups excluding tert-OH is 1. The molecule has 1 unspecified atom stereocenters. The van der Waals surface area contributed by atoms with Crippen molar-refractivity contribution in [3.05, 3.63) is 28.8 Å². The molecule has 2 rings (SSSR count). The number of nitrogens with one attached hydrogen (secondary N) is 1. The average Bonchev–Trinajstić information content (AvgIpc) is 2.33. The maximum Gasteiger partial charge on any atom is 0.124 e. The van der Waals surface area contributed by atoms with E-state index in [-0.39, 0.29) is 18.1 Å². The molecule has 0 saturated heterocycles. The van der Waals surface area contributed by atoms with Gasteiger partial charge in [-0.25, -0.2) is 0 Å². The van der Waals surface area contributed by atoms with Crippen LogP contribution in [0.2, 0.25) is 0 Å². The highest BCUT2D eigenvalue weighted by molar-refractivity contribution is 5.44. The predicted octanol–water partition coefficient (Wildman–Crippen LogP) is 2.74. The van der Waals surface area contributed by atoms with Gasteiger partial charge >= 0.3 is 0 Å². The minimum absolute atomic E-state index is 0.0161. The first kappa shape index (κ1) is 14.4. The largest absolute Gasteiger partial charge is 0.496 e. The van der Waals surface area contributed by atoms with E-state index in [1.807, 2.05) is 7.05 Å². The molecule has 3 heteroatoms. The number of aryl methyl sites for hydroxylation is 2. The molecule has 0 radical (unpaired) electrons. The van der Waals surface area contributed by atoms with Gasteiger partial charge < -0.3 is 15.2 Å². The minimum atomic E-state index is 0.0161. The summed E-state index contributed by atoms with van der Waals surface area (Å²) < 4.78 is 5.43. The highest BCUT2D eigenvalue weighted by atomic mass is 16.5. The molecule has 1 aliphatic rings. The number of hydrogen-bond donors (Lipinski definition) is 2. The summed E-state index contributed by atoms with van der Waals surface area (Å²) >= 11 is 0. The van der Waals surface area contributed by atoms with Crippen molar-refractivity contribution in [3.63, 3.8) is 0 Å². The fourth-order valence-corrected chi connectivity index (χ4v) is 3.47. The number of ether oxygens (including phenoxy) is 1. The van der Waals surface area contributed by atoms with E-state index in [0.29, 0.717) is 0 Å². The first-order valence-corrected chi connectivity index (χ1v) is 7.01. The highest BCUT2D eigenvalue weighted by Gasteiger charge is 2.43. The van der Waals surface area contributed by atoms with Crippen molar-refractivity contribution >= 4 is 0 Å². The lowest BCUT2D eigenvalue weighted by Crippen LogP contribution is -2.44. The standard InChI is InChI=1S/C16H25NO2/c1-11-8-13(9-12(2)14(11)19-4)15(17-3)16(10-18)6-5-7-16/h8-9,15,17-18H,5-7,10H2,1-4H3. The normalized spacial score (nSPS) is 18.8. The van der Waals surface area contributed by atoms with Gasteiger partial charge in [0.25, 0.3) is 0 Å². The molecule has 1 aliphatic carbocycles. The van der Waals surface area contributed by atoms with Crippen LogP contribution in [0.25, 0.3) is 0 Å². The molecule has 0 amide bonds. The molecule has 1 aromatic carbocycles. The Bertz CT molecular complexity index is 424. The minimum Gasteiger partial charge on any atom is -0.496 e. The van der Waals surface area contributed by atoms with Crippen molar-refractivity contribution < 1.29 is 9.84 Å². The van der Waals surface area contributed by atoms with Gasteiger partial charge in [0, 0.05) is 11.5 Å². The molecule has 19 heavy (non-hydrogen) atoms. The molecule has 106 valence electrons. The van der Waals surface area contributed by atoms with Crippen LogP contribution in [0.4, 0.5) is 0 Å². The van der Waals surface area contributed by atoms with E-state index in [1.165, 1.54) is 12.0 Å². The van der Waals surface area contributed by atoms with E-state index in [4.69, 9.17) is 4.74 Å². The topological polar surface area (TPSA) is 41.5 Å². The first-order valence-electron chi connectivity index (χ1n) is 7.01. The first-order chi connectivity index (χ1) is 9.07. The predicted molar refractivity (Wildman–Crippen MR) is 77.6 cm³/mol. The van der Waals surface area contributed by atoms with Gasteiger partial charge in [-0.2, -0.15) is 0 Å². The fourth-order valence-electron chi connectivity index (χ4n) is 3.47. The van der Waals surface area contributed by atoms with Crippen LogP contribution in [-0.4, -0.2) is 25.9 Å². The average molecular weight is 263 g/mol. The lowest BCUT2D eigenvalue weighted by molar-refractivity contribution is 0.00778. The second-order valence-corrected chi connectivity index (χ2v) is 5.78. The maximum atomic E-state index is 9.77. The van der Waals surface area contributed by atoms with Crippen LogP contribution in [0, 0.1) is 19.3 Å². The lowest BCUT2D eigenvalue weighted by atomic mass is 9.63. The summed E-state index contributed by atoms with van der Waals surface area (Å²) in [7, 11) is 3.70. The summed E-state index contributed by atoms with van der Waals surface area (Å²) in [5.41, 5.74) is 3.59. The fraction of sp³-hybridized carbons (Fsp3) is 0.625. The molecule has 3 nitrogen and oxygen atoms in total. The summed E-state index contributed by atoms with van der Waals surface area (Å²) in [6.45, 7) is 4.41. The Morgan fingerprint density at radius 2 is 1.89 bits per heavy atom. The van der Waals surface area contributed by atoms with E-state index in [0.717, 1.165) is 29.7 Å². The van der Waals surface area contributed by atoms with Crippen molar-refractivity contribution in [3.8, 4) is 5.75 Å². The zero-order valence-electron chi connectivity index (χ0n) is 12.4. The number of aliphatic hydroxyl groups is 1. The quantitative estimate of drug-likeness (QED) is 0.858. The summed E-state index contributed by atoms with van der Waals surface area (Å²) in [6, 6.07) is 4.58. The lowest BCUT2D eigenvalue weighted by Gasteiger charge is -2.47. The Kier molecular flexibility index (Phi) is 4.16. The Balaban J connectivity index is 2.39. The number of methoxy groups -OCH3 is 1. The molecule has 0 aliphatic heterocycles. The molecule has 1 fully saturated rings. The highest BCUT2D eigenvalue weighted by Crippen LogP contribution is 2.50. The Morgan fingerprint density at radius 3 is 2.21 bits per heavy atom. The third-order valence-electron chi connectivity index (χ3n) is 4.59. The molecular weight excluding hydrogens is 238 g/mol. The van der Waals surface area contributed by atoms with E-state index in [2.05, 4.69) is 31.3 Å². The third-order valence-corrected chi connectivity index (χ3v) is 4.59. The molecule has 0 heterocycles. The molecule has 0 bridgehead atoms. The molecule has 2 N–H and O–H groups in total. The van der Waals surface area contributed by atoms with Crippen LogP contribution >= 0.6 is 0 Å². The molecule has 0 spiro atoms. The van der Waals surface area contributed by atoms with Crippen molar-refractivity contribution in [2.45, 2.75) is 39.2 Å². The van der Waals surface area contributed by atoms with Gasteiger partial charge in [0.2, 0.25) is 0 Å². The molecular formula is C16H25NO2. The molecule has 1 saturated carbocycles. The maximum absolute atomic E-state index is 9.77. The van der Waals surface area contributed by atoms with Gasteiger partial charge in [-0.1, -0.05) is 18.6 Å². The van der Waals surface area contributed by atoms with Gasteiger partial charge in [0.05, 0.1) is 13.7 Å². The number of hydrogen-bond acceptors (Lipinski definition) is 3. The molecule has 1 aromatic rings. The molecule has 1 atom stereocenters. The van der Waals surface area contributed by atoms with Gasteiger partial charge in [-0.05, 0) is 50.4 Å². The molecule has 0 aromatic heterocycles.